The Bertz CT molecular complexity index is 308. The molecule has 0 saturated carbocycles. The summed E-state index contributed by atoms with van der Waals surface area (Å²) >= 11 is 0. The van der Waals surface area contributed by atoms with Crippen molar-refractivity contribution in [3.8, 4) is 5.75 Å². The Morgan fingerprint density at radius 1 is 1.07 bits per heavy atom. The first kappa shape index (κ1) is 11.0. The Morgan fingerprint density at radius 3 is 2.21 bits per heavy atom. The molecule has 0 aliphatic heterocycles. The average molecular weight is 196 g/mol. The molecule has 3 nitrogen and oxygen atoms in total. The predicted molar refractivity (Wildman–Crippen MR) is 53.9 cm³/mol. The Kier molecular flexibility index (Phi) is 3.92. The minimum absolute atomic E-state index is 0.0287. The van der Waals surface area contributed by atoms with E-state index in [2.05, 4.69) is 0 Å². The summed E-state index contributed by atoms with van der Waals surface area (Å²) in [5.41, 5.74) is 1.96. The first-order valence-electron chi connectivity index (χ1n) is 4.78. The van der Waals surface area contributed by atoms with Crippen LogP contribution in [-0.4, -0.2) is 15.3 Å². The van der Waals surface area contributed by atoms with Gasteiger partial charge in [-0.3, -0.25) is 0 Å². The molecule has 78 valence electrons. The summed E-state index contributed by atoms with van der Waals surface area (Å²) < 4.78 is 0. The standard InChI is InChI=1S/C11H16O3/c1-2-3-8-4-5-9(6-12)11(14)10(8)7-13/h4-5,12-14H,2-3,6-7H2,1H3. The van der Waals surface area contributed by atoms with Crippen molar-refractivity contribution >= 4 is 0 Å². The fourth-order valence-electron chi connectivity index (χ4n) is 1.53. The third-order valence-electron chi connectivity index (χ3n) is 2.31. The Hall–Kier alpha value is -1.06. The SMILES string of the molecule is CCCc1ccc(CO)c(O)c1CO. The molecule has 1 aromatic rings. The van der Waals surface area contributed by atoms with Crippen molar-refractivity contribution in [2.75, 3.05) is 0 Å². The third kappa shape index (κ3) is 2.05. The van der Waals surface area contributed by atoms with Gasteiger partial charge in [0.15, 0.2) is 0 Å². The Labute approximate surface area is 83.6 Å². The monoisotopic (exact) mass is 196 g/mol. The van der Waals surface area contributed by atoms with Crippen LogP contribution in [0.1, 0.15) is 30.0 Å². The molecule has 0 atom stereocenters. The molecule has 3 N–H and O–H groups in total. The molecular weight excluding hydrogens is 180 g/mol. The van der Waals surface area contributed by atoms with Crippen molar-refractivity contribution in [1.29, 1.82) is 0 Å². The zero-order chi connectivity index (χ0) is 10.6. The summed E-state index contributed by atoms with van der Waals surface area (Å²) in [6, 6.07) is 3.54. The number of hydrogen-bond acceptors (Lipinski definition) is 3. The van der Waals surface area contributed by atoms with Crippen LogP contribution in [0.4, 0.5) is 0 Å². The molecule has 0 aliphatic rings. The maximum absolute atomic E-state index is 9.68. The van der Waals surface area contributed by atoms with Gasteiger partial charge >= 0.3 is 0 Å². The van der Waals surface area contributed by atoms with E-state index >= 15 is 0 Å². The van der Waals surface area contributed by atoms with E-state index in [9.17, 15) is 5.11 Å². The van der Waals surface area contributed by atoms with E-state index in [-0.39, 0.29) is 19.0 Å². The summed E-state index contributed by atoms with van der Waals surface area (Å²) in [5.74, 6) is 0.0287. The van der Waals surface area contributed by atoms with Crippen molar-refractivity contribution in [2.24, 2.45) is 0 Å². The van der Waals surface area contributed by atoms with Crippen LogP contribution in [0.5, 0.6) is 5.75 Å². The molecule has 0 heterocycles. The van der Waals surface area contributed by atoms with Crippen LogP contribution >= 0.6 is 0 Å². The predicted octanol–water partition coefficient (Wildman–Crippen LogP) is 1.33. The van der Waals surface area contributed by atoms with Gasteiger partial charge in [0.2, 0.25) is 0 Å². The highest BCUT2D eigenvalue weighted by Crippen LogP contribution is 2.27. The maximum atomic E-state index is 9.68. The fourth-order valence-corrected chi connectivity index (χ4v) is 1.53. The first-order valence-corrected chi connectivity index (χ1v) is 4.78. The number of aliphatic hydroxyl groups excluding tert-OH is 2. The molecule has 14 heavy (non-hydrogen) atoms. The second-order valence-corrected chi connectivity index (χ2v) is 3.28. The van der Waals surface area contributed by atoms with Crippen LogP contribution in [0.15, 0.2) is 12.1 Å². The molecule has 0 amide bonds. The van der Waals surface area contributed by atoms with Gasteiger partial charge in [-0.25, -0.2) is 0 Å². The largest absolute Gasteiger partial charge is 0.507 e. The van der Waals surface area contributed by atoms with Crippen LogP contribution in [0, 0.1) is 0 Å². The molecule has 1 rings (SSSR count). The number of aliphatic hydroxyl groups is 2. The van der Waals surface area contributed by atoms with Gasteiger partial charge in [0.05, 0.1) is 13.2 Å². The summed E-state index contributed by atoms with van der Waals surface area (Å²) in [7, 11) is 0. The van der Waals surface area contributed by atoms with E-state index in [0.29, 0.717) is 11.1 Å². The van der Waals surface area contributed by atoms with Crippen LogP contribution in [0.25, 0.3) is 0 Å². The number of phenols is 1. The number of aryl methyl sites for hydroxylation is 1. The highest BCUT2D eigenvalue weighted by Gasteiger charge is 2.10. The molecule has 0 spiro atoms. The smallest absolute Gasteiger partial charge is 0.126 e. The number of rotatable bonds is 4. The number of hydrogen-bond donors (Lipinski definition) is 3. The van der Waals surface area contributed by atoms with Crippen molar-refractivity contribution in [3.63, 3.8) is 0 Å². The molecule has 3 heteroatoms. The maximum Gasteiger partial charge on any atom is 0.126 e. The van der Waals surface area contributed by atoms with E-state index in [0.717, 1.165) is 18.4 Å². The third-order valence-corrected chi connectivity index (χ3v) is 2.31. The number of aromatic hydroxyl groups is 1. The summed E-state index contributed by atoms with van der Waals surface area (Å²) in [4.78, 5) is 0. The molecule has 0 saturated heterocycles. The van der Waals surface area contributed by atoms with Crippen molar-refractivity contribution in [2.45, 2.75) is 33.0 Å². The van der Waals surface area contributed by atoms with Gasteiger partial charge in [0.25, 0.3) is 0 Å². The van der Waals surface area contributed by atoms with Crippen molar-refractivity contribution in [3.05, 3.63) is 28.8 Å². The van der Waals surface area contributed by atoms with E-state index in [1.807, 2.05) is 13.0 Å². The van der Waals surface area contributed by atoms with Gasteiger partial charge < -0.3 is 15.3 Å². The Balaban J connectivity index is 3.14. The lowest BCUT2D eigenvalue weighted by Gasteiger charge is -2.11. The summed E-state index contributed by atoms with van der Waals surface area (Å²) in [6.45, 7) is 1.65. The lowest BCUT2D eigenvalue weighted by molar-refractivity contribution is 0.263. The van der Waals surface area contributed by atoms with E-state index in [1.54, 1.807) is 6.07 Å². The molecule has 1 aromatic carbocycles. The van der Waals surface area contributed by atoms with E-state index in [1.165, 1.54) is 0 Å². The van der Waals surface area contributed by atoms with E-state index in [4.69, 9.17) is 10.2 Å². The highest BCUT2D eigenvalue weighted by molar-refractivity contribution is 5.45. The molecule has 0 radical (unpaired) electrons. The van der Waals surface area contributed by atoms with E-state index < -0.39 is 0 Å². The van der Waals surface area contributed by atoms with Crippen LogP contribution in [0.2, 0.25) is 0 Å². The molecule has 0 fully saturated rings. The van der Waals surface area contributed by atoms with Gasteiger partial charge in [0, 0.05) is 11.1 Å². The molecule has 0 aliphatic carbocycles. The quantitative estimate of drug-likeness (QED) is 0.680. The molecule has 0 aromatic heterocycles. The minimum Gasteiger partial charge on any atom is -0.507 e. The average Bonchev–Trinajstić information content (AvgIpc) is 2.19. The van der Waals surface area contributed by atoms with Gasteiger partial charge in [-0.15, -0.1) is 0 Å². The lowest BCUT2D eigenvalue weighted by Crippen LogP contribution is -1.97. The van der Waals surface area contributed by atoms with Crippen molar-refractivity contribution < 1.29 is 15.3 Å². The minimum atomic E-state index is -0.203. The Morgan fingerprint density at radius 2 is 1.71 bits per heavy atom. The molecular formula is C11H16O3. The zero-order valence-corrected chi connectivity index (χ0v) is 8.32. The van der Waals surface area contributed by atoms with Gasteiger partial charge in [0.1, 0.15) is 5.75 Å². The van der Waals surface area contributed by atoms with Crippen LogP contribution in [-0.2, 0) is 19.6 Å². The first-order chi connectivity index (χ1) is 6.74. The molecule has 0 bridgehead atoms. The van der Waals surface area contributed by atoms with Gasteiger partial charge in [-0.05, 0) is 12.0 Å². The van der Waals surface area contributed by atoms with Crippen molar-refractivity contribution in [1.82, 2.24) is 0 Å². The normalized spacial score (nSPS) is 10.5. The topological polar surface area (TPSA) is 60.7 Å². The molecule has 0 unspecified atom stereocenters. The second kappa shape index (κ2) is 4.98. The lowest BCUT2D eigenvalue weighted by atomic mass is 9.99. The summed E-state index contributed by atoms with van der Waals surface area (Å²) in [5, 5.41) is 27.7. The fraction of sp³-hybridized carbons (Fsp3) is 0.455. The second-order valence-electron chi connectivity index (χ2n) is 3.28. The van der Waals surface area contributed by atoms with Gasteiger partial charge in [-0.1, -0.05) is 25.5 Å². The number of benzene rings is 1. The summed E-state index contributed by atoms with van der Waals surface area (Å²) in [6.07, 6.45) is 1.79. The van der Waals surface area contributed by atoms with Crippen LogP contribution in [0.3, 0.4) is 0 Å². The van der Waals surface area contributed by atoms with Crippen LogP contribution < -0.4 is 0 Å². The zero-order valence-electron chi connectivity index (χ0n) is 8.32. The highest BCUT2D eigenvalue weighted by atomic mass is 16.3. The van der Waals surface area contributed by atoms with Gasteiger partial charge in [-0.2, -0.15) is 0 Å².